The third-order valence-electron chi connectivity index (χ3n) is 5.89. The second-order valence-corrected chi connectivity index (χ2v) is 8.02. The van der Waals surface area contributed by atoms with Crippen molar-refractivity contribution in [3.05, 3.63) is 45.4 Å². The van der Waals surface area contributed by atoms with Crippen LogP contribution in [0.5, 0.6) is 0 Å². The van der Waals surface area contributed by atoms with Crippen LogP contribution in [0.4, 0.5) is 0 Å². The Balaban J connectivity index is 1.24. The largest absolute Gasteiger partial charge is 0.376 e. The molecule has 1 N–H and O–H groups in total. The van der Waals surface area contributed by atoms with Gasteiger partial charge in [0.15, 0.2) is 5.78 Å². The highest BCUT2D eigenvalue weighted by atomic mass is 16.5. The zero-order valence-corrected chi connectivity index (χ0v) is 17.2. The van der Waals surface area contributed by atoms with Gasteiger partial charge in [-0.05, 0) is 19.3 Å². The third-order valence-corrected chi connectivity index (χ3v) is 5.89. The van der Waals surface area contributed by atoms with Crippen molar-refractivity contribution in [3.8, 4) is 0 Å². The maximum absolute atomic E-state index is 12.6. The minimum atomic E-state index is -0.138. The smallest absolute Gasteiger partial charge is 0.256 e. The van der Waals surface area contributed by atoms with Gasteiger partial charge in [-0.15, -0.1) is 0 Å². The first-order chi connectivity index (χ1) is 14.5. The molecule has 1 fully saturated rings. The summed E-state index contributed by atoms with van der Waals surface area (Å²) in [6.07, 6.45) is 6.96. The quantitative estimate of drug-likeness (QED) is 0.708. The van der Waals surface area contributed by atoms with Crippen LogP contribution in [0.3, 0.4) is 0 Å². The molecule has 2 aliphatic rings. The van der Waals surface area contributed by atoms with E-state index in [9.17, 15) is 14.4 Å². The Kier molecular flexibility index (Phi) is 6.08. The highest BCUT2D eigenvalue weighted by Crippen LogP contribution is 2.22. The standard InChI is InChI=1S/C21H27N5O4/c1-25-12-15(11-22-25)20(28)14-5-8-26(9-6-14)19(27)4-2-3-18-23-17-7-10-30-13-16(17)21(29)24-18/h11-12,14H,2-10,13H2,1H3,(H,23,24,29). The van der Waals surface area contributed by atoms with Crippen molar-refractivity contribution in [1.82, 2.24) is 24.6 Å². The second kappa shape index (κ2) is 8.91. The number of ketones is 1. The molecule has 0 saturated carbocycles. The molecule has 9 heteroatoms. The van der Waals surface area contributed by atoms with Gasteiger partial charge in [0.1, 0.15) is 5.82 Å². The predicted octanol–water partition coefficient (Wildman–Crippen LogP) is 1.02. The van der Waals surface area contributed by atoms with E-state index in [-0.39, 0.29) is 23.2 Å². The fourth-order valence-electron chi connectivity index (χ4n) is 4.15. The van der Waals surface area contributed by atoms with Crippen LogP contribution in [0.2, 0.25) is 0 Å². The molecule has 4 rings (SSSR count). The molecular formula is C21H27N5O4. The number of aromatic amines is 1. The fraction of sp³-hybridized carbons (Fsp3) is 0.571. The summed E-state index contributed by atoms with van der Waals surface area (Å²) < 4.78 is 6.94. The molecule has 1 amide bonds. The average Bonchev–Trinajstić information content (AvgIpc) is 3.19. The number of nitrogens with one attached hydrogen (secondary N) is 1. The summed E-state index contributed by atoms with van der Waals surface area (Å²) in [4.78, 5) is 46.4. The first-order valence-electron chi connectivity index (χ1n) is 10.5. The van der Waals surface area contributed by atoms with Gasteiger partial charge in [-0.25, -0.2) is 4.98 Å². The number of nitrogens with zero attached hydrogens (tertiary/aromatic N) is 4. The number of aryl methyl sites for hydroxylation is 2. The van der Waals surface area contributed by atoms with E-state index in [4.69, 9.17) is 4.74 Å². The maximum Gasteiger partial charge on any atom is 0.256 e. The van der Waals surface area contributed by atoms with Crippen molar-refractivity contribution >= 4 is 11.7 Å². The lowest BCUT2D eigenvalue weighted by Gasteiger charge is -2.31. The van der Waals surface area contributed by atoms with Crippen molar-refractivity contribution in [2.75, 3.05) is 19.7 Å². The second-order valence-electron chi connectivity index (χ2n) is 8.02. The van der Waals surface area contributed by atoms with E-state index in [1.807, 2.05) is 4.90 Å². The van der Waals surface area contributed by atoms with E-state index < -0.39 is 0 Å². The Labute approximate surface area is 174 Å². The van der Waals surface area contributed by atoms with Crippen LogP contribution in [-0.2, 0) is 36.0 Å². The summed E-state index contributed by atoms with van der Waals surface area (Å²) in [5.41, 5.74) is 1.93. The highest BCUT2D eigenvalue weighted by molar-refractivity contribution is 5.97. The summed E-state index contributed by atoms with van der Waals surface area (Å²) in [6, 6.07) is 0. The molecule has 2 aromatic rings. The highest BCUT2D eigenvalue weighted by Gasteiger charge is 2.28. The van der Waals surface area contributed by atoms with Crippen LogP contribution in [-0.4, -0.2) is 56.0 Å². The Bertz CT molecular complexity index is 988. The normalized spacial score (nSPS) is 17.0. The van der Waals surface area contributed by atoms with Crippen LogP contribution in [0.25, 0.3) is 0 Å². The van der Waals surface area contributed by atoms with E-state index in [0.29, 0.717) is 81.8 Å². The number of likely N-dealkylation sites (tertiary alicyclic amines) is 1. The molecule has 1 saturated heterocycles. The van der Waals surface area contributed by atoms with Crippen molar-refractivity contribution in [2.45, 2.75) is 45.1 Å². The van der Waals surface area contributed by atoms with Crippen LogP contribution >= 0.6 is 0 Å². The molecule has 0 unspecified atom stereocenters. The number of hydrogen-bond acceptors (Lipinski definition) is 6. The van der Waals surface area contributed by atoms with E-state index in [1.165, 1.54) is 0 Å². The topological polar surface area (TPSA) is 110 Å². The van der Waals surface area contributed by atoms with Crippen LogP contribution in [0.1, 0.15) is 53.1 Å². The fourth-order valence-corrected chi connectivity index (χ4v) is 4.15. The molecule has 0 atom stereocenters. The number of carbonyl (C=O) groups excluding carboxylic acids is 2. The molecule has 2 aliphatic heterocycles. The van der Waals surface area contributed by atoms with Crippen LogP contribution < -0.4 is 5.56 Å². The monoisotopic (exact) mass is 413 g/mol. The molecule has 0 aromatic carbocycles. The van der Waals surface area contributed by atoms with Gasteiger partial charge >= 0.3 is 0 Å². The van der Waals surface area contributed by atoms with Crippen LogP contribution in [0, 0.1) is 5.92 Å². The van der Waals surface area contributed by atoms with Crippen LogP contribution in [0.15, 0.2) is 17.2 Å². The SMILES string of the molecule is Cn1cc(C(=O)C2CCN(C(=O)CCCc3nc4c(c(=O)[nH]3)COCC4)CC2)cn1. The zero-order chi connectivity index (χ0) is 21.1. The van der Waals surface area contributed by atoms with Gasteiger partial charge in [-0.2, -0.15) is 5.10 Å². The van der Waals surface area contributed by atoms with Crippen molar-refractivity contribution in [2.24, 2.45) is 13.0 Å². The number of fused-ring (bicyclic) bond motifs is 1. The number of H-pyrrole nitrogens is 1. The Hall–Kier alpha value is -2.81. The Morgan fingerprint density at radius 3 is 2.83 bits per heavy atom. The van der Waals surface area contributed by atoms with Gasteiger partial charge in [0.2, 0.25) is 5.91 Å². The van der Waals surface area contributed by atoms with Gasteiger partial charge in [0.05, 0.1) is 36.2 Å². The first-order valence-corrected chi connectivity index (χ1v) is 10.5. The van der Waals surface area contributed by atoms with E-state index in [0.717, 1.165) is 5.69 Å². The predicted molar refractivity (Wildman–Crippen MR) is 108 cm³/mol. The maximum atomic E-state index is 12.6. The lowest BCUT2D eigenvalue weighted by Crippen LogP contribution is -2.40. The lowest BCUT2D eigenvalue weighted by molar-refractivity contribution is -0.132. The molecular weight excluding hydrogens is 386 g/mol. The van der Waals surface area contributed by atoms with Gasteiger partial charge in [-0.3, -0.25) is 19.1 Å². The number of amides is 1. The van der Waals surface area contributed by atoms with Gasteiger partial charge in [0.25, 0.3) is 5.56 Å². The van der Waals surface area contributed by atoms with E-state index in [1.54, 1.807) is 24.1 Å². The minimum Gasteiger partial charge on any atom is -0.376 e. The lowest BCUT2D eigenvalue weighted by atomic mass is 9.90. The van der Waals surface area contributed by atoms with E-state index >= 15 is 0 Å². The molecule has 0 radical (unpaired) electrons. The number of rotatable bonds is 6. The van der Waals surface area contributed by atoms with Gasteiger partial charge in [0, 0.05) is 51.5 Å². The van der Waals surface area contributed by atoms with E-state index in [2.05, 4.69) is 15.1 Å². The molecule has 4 heterocycles. The van der Waals surface area contributed by atoms with Crippen molar-refractivity contribution in [3.63, 3.8) is 0 Å². The third kappa shape index (κ3) is 4.51. The average molecular weight is 413 g/mol. The molecule has 0 aliphatic carbocycles. The number of Topliss-reactive ketones (excluding diaryl/α,β-unsaturated/α-hetero) is 1. The Morgan fingerprint density at radius 2 is 2.10 bits per heavy atom. The summed E-state index contributed by atoms with van der Waals surface area (Å²) in [6.45, 7) is 2.10. The summed E-state index contributed by atoms with van der Waals surface area (Å²) in [5, 5.41) is 4.06. The molecule has 2 aromatic heterocycles. The summed E-state index contributed by atoms with van der Waals surface area (Å²) >= 11 is 0. The van der Waals surface area contributed by atoms with Crippen molar-refractivity contribution < 1.29 is 14.3 Å². The first kappa shape index (κ1) is 20.5. The van der Waals surface area contributed by atoms with Gasteiger partial charge in [-0.1, -0.05) is 0 Å². The molecule has 30 heavy (non-hydrogen) atoms. The molecule has 160 valence electrons. The van der Waals surface area contributed by atoms with Gasteiger partial charge < -0.3 is 14.6 Å². The number of ether oxygens (including phenoxy) is 1. The molecule has 0 spiro atoms. The number of aromatic nitrogens is 4. The minimum absolute atomic E-state index is 0.0491. The Morgan fingerprint density at radius 1 is 1.30 bits per heavy atom. The number of carbonyl (C=O) groups is 2. The molecule has 9 nitrogen and oxygen atoms in total. The number of hydrogen-bond donors (Lipinski definition) is 1. The summed E-state index contributed by atoms with van der Waals surface area (Å²) in [5.74, 6) is 0.792. The van der Waals surface area contributed by atoms with Crippen molar-refractivity contribution in [1.29, 1.82) is 0 Å². The summed E-state index contributed by atoms with van der Waals surface area (Å²) in [7, 11) is 1.79. The number of piperidine rings is 1. The molecule has 0 bridgehead atoms. The zero-order valence-electron chi connectivity index (χ0n) is 17.2.